The van der Waals surface area contributed by atoms with Crippen LogP contribution in [0, 0.1) is 11.6 Å². The molecule has 0 unspecified atom stereocenters. The maximum atomic E-state index is 13.1. The van der Waals surface area contributed by atoms with Crippen molar-refractivity contribution in [2.24, 2.45) is 0 Å². The lowest BCUT2D eigenvalue weighted by Gasteiger charge is -2.09. The lowest BCUT2D eigenvalue weighted by atomic mass is 10.2. The van der Waals surface area contributed by atoms with Crippen LogP contribution in [-0.2, 0) is 9.59 Å². The Kier molecular flexibility index (Phi) is 8.74. The zero-order valence-electron chi connectivity index (χ0n) is 16.5. The molecular formula is C21H23F2N3O4. The first kappa shape index (κ1) is 22.8. The molecule has 0 aliphatic heterocycles. The van der Waals surface area contributed by atoms with Gasteiger partial charge in [0, 0.05) is 17.3 Å². The van der Waals surface area contributed by atoms with Gasteiger partial charge in [0.25, 0.3) is 5.91 Å². The average molecular weight is 419 g/mol. The summed E-state index contributed by atoms with van der Waals surface area (Å²) in [5.41, 5.74) is 0.422. The van der Waals surface area contributed by atoms with Crippen LogP contribution in [0.3, 0.4) is 0 Å². The van der Waals surface area contributed by atoms with Gasteiger partial charge in [-0.1, -0.05) is 13.3 Å². The molecule has 0 saturated carbocycles. The zero-order valence-corrected chi connectivity index (χ0v) is 16.5. The highest BCUT2D eigenvalue weighted by molar-refractivity contribution is 5.98. The Balaban J connectivity index is 1.71. The second-order valence-corrected chi connectivity index (χ2v) is 6.36. The molecule has 0 fully saturated rings. The Labute approximate surface area is 172 Å². The summed E-state index contributed by atoms with van der Waals surface area (Å²) in [6.45, 7) is 1.95. The van der Waals surface area contributed by atoms with Crippen LogP contribution < -0.4 is 20.7 Å². The van der Waals surface area contributed by atoms with Gasteiger partial charge in [-0.05, 0) is 42.8 Å². The predicted octanol–water partition coefficient (Wildman–Crippen LogP) is 2.63. The van der Waals surface area contributed by atoms with Gasteiger partial charge in [0.15, 0.2) is 11.6 Å². The number of amides is 3. The van der Waals surface area contributed by atoms with Gasteiger partial charge in [0.2, 0.25) is 11.8 Å². The van der Waals surface area contributed by atoms with E-state index in [1.807, 2.05) is 0 Å². The van der Waals surface area contributed by atoms with E-state index in [4.69, 9.17) is 4.74 Å². The molecule has 9 heteroatoms. The van der Waals surface area contributed by atoms with Crippen LogP contribution in [0.25, 0.3) is 0 Å². The number of rotatable bonds is 10. The molecule has 2 aromatic carbocycles. The molecule has 0 heterocycles. The lowest BCUT2D eigenvalue weighted by molar-refractivity contribution is -0.123. The SMILES string of the molecule is CCCCOc1ccc(C(=O)NCC(=O)NCC(=O)Nc2ccc(F)c(F)c2)cc1. The van der Waals surface area contributed by atoms with Gasteiger partial charge in [0.05, 0.1) is 19.7 Å². The number of anilines is 1. The average Bonchev–Trinajstić information content (AvgIpc) is 2.74. The van der Waals surface area contributed by atoms with Crippen LogP contribution in [0.15, 0.2) is 42.5 Å². The Morgan fingerprint density at radius 3 is 2.27 bits per heavy atom. The quantitative estimate of drug-likeness (QED) is 0.516. The number of unbranched alkanes of at least 4 members (excludes halogenated alkanes) is 1. The maximum absolute atomic E-state index is 13.1. The summed E-state index contributed by atoms with van der Waals surface area (Å²) < 4.78 is 31.5. The van der Waals surface area contributed by atoms with E-state index >= 15 is 0 Å². The minimum absolute atomic E-state index is 0.0589. The monoisotopic (exact) mass is 419 g/mol. The Morgan fingerprint density at radius 1 is 0.900 bits per heavy atom. The van der Waals surface area contributed by atoms with Gasteiger partial charge < -0.3 is 20.7 Å². The maximum Gasteiger partial charge on any atom is 0.251 e. The van der Waals surface area contributed by atoms with E-state index in [1.165, 1.54) is 6.07 Å². The molecular weight excluding hydrogens is 396 g/mol. The normalized spacial score (nSPS) is 10.2. The molecule has 0 radical (unpaired) electrons. The van der Waals surface area contributed by atoms with E-state index in [1.54, 1.807) is 24.3 Å². The molecule has 7 nitrogen and oxygen atoms in total. The number of halogens is 2. The number of benzene rings is 2. The third-order valence-electron chi connectivity index (χ3n) is 3.94. The fourth-order valence-electron chi connectivity index (χ4n) is 2.32. The summed E-state index contributed by atoms with van der Waals surface area (Å²) >= 11 is 0. The smallest absolute Gasteiger partial charge is 0.251 e. The van der Waals surface area contributed by atoms with Crippen molar-refractivity contribution in [2.45, 2.75) is 19.8 Å². The largest absolute Gasteiger partial charge is 0.494 e. The fraction of sp³-hybridized carbons (Fsp3) is 0.286. The zero-order chi connectivity index (χ0) is 21.9. The first-order valence-corrected chi connectivity index (χ1v) is 9.41. The summed E-state index contributed by atoms with van der Waals surface area (Å²) in [5, 5.41) is 7.08. The van der Waals surface area contributed by atoms with Crippen LogP contribution >= 0.6 is 0 Å². The third kappa shape index (κ3) is 7.50. The molecule has 0 spiro atoms. The van der Waals surface area contributed by atoms with Gasteiger partial charge >= 0.3 is 0 Å². The number of nitrogens with one attached hydrogen (secondary N) is 3. The van der Waals surface area contributed by atoms with Crippen LogP contribution in [0.1, 0.15) is 30.1 Å². The minimum atomic E-state index is -1.10. The Hall–Kier alpha value is -3.49. The number of carbonyl (C=O) groups is 3. The van der Waals surface area contributed by atoms with Crippen molar-refractivity contribution in [1.82, 2.24) is 10.6 Å². The number of hydrogen-bond acceptors (Lipinski definition) is 4. The van der Waals surface area contributed by atoms with Crippen molar-refractivity contribution in [3.8, 4) is 5.75 Å². The highest BCUT2D eigenvalue weighted by atomic mass is 19.2. The Morgan fingerprint density at radius 2 is 1.60 bits per heavy atom. The molecule has 2 aromatic rings. The molecule has 2 rings (SSSR count). The predicted molar refractivity (Wildman–Crippen MR) is 107 cm³/mol. The summed E-state index contributed by atoms with van der Waals surface area (Å²) in [4.78, 5) is 35.6. The highest BCUT2D eigenvalue weighted by Gasteiger charge is 2.11. The van der Waals surface area contributed by atoms with Crippen molar-refractivity contribution in [3.63, 3.8) is 0 Å². The number of carbonyl (C=O) groups excluding carboxylic acids is 3. The second kappa shape index (κ2) is 11.5. The highest BCUT2D eigenvalue weighted by Crippen LogP contribution is 2.13. The van der Waals surface area contributed by atoms with E-state index < -0.39 is 35.9 Å². The van der Waals surface area contributed by atoms with Gasteiger partial charge in [-0.2, -0.15) is 0 Å². The first-order valence-electron chi connectivity index (χ1n) is 9.41. The van der Waals surface area contributed by atoms with Crippen molar-refractivity contribution in [2.75, 3.05) is 25.0 Å². The Bertz CT molecular complexity index is 888. The van der Waals surface area contributed by atoms with E-state index in [0.717, 1.165) is 25.0 Å². The lowest BCUT2D eigenvalue weighted by Crippen LogP contribution is -2.40. The minimum Gasteiger partial charge on any atom is -0.494 e. The van der Waals surface area contributed by atoms with Crippen molar-refractivity contribution >= 4 is 23.4 Å². The van der Waals surface area contributed by atoms with Crippen LogP contribution in [0.4, 0.5) is 14.5 Å². The number of hydrogen-bond donors (Lipinski definition) is 3. The molecule has 0 aliphatic carbocycles. The van der Waals surface area contributed by atoms with Gasteiger partial charge in [0.1, 0.15) is 5.75 Å². The topological polar surface area (TPSA) is 96.5 Å². The van der Waals surface area contributed by atoms with E-state index in [2.05, 4.69) is 22.9 Å². The molecule has 0 aliphatic rings. The summed E-state index contributed by atoms with van der Waals surface area (Å²) in [6.07, 6.45) is 1.96. The summed E-state index contributed by atoms with van der Waals surface area (Å²) in [7, 11) is 0. The molecule has 0 bridgehead atoms. The summed E-state index contributed by atoms with van der Waals surface area (Å²) in [6, 6.07) is 9.42. The summed E-state index contributed by atoms with van der Waals surface area (Å²) in [5.74, 6) is -3.13. The van der Waals surface area contributed by atoms with Crippen LogP contribution in [0.5, 0.6) is 5.75 Å². The molecule has 0 saturated heterocycles. The molecule has 3 N–H and O–H groups in total. The van der Waals surface area contributed by atoms with Crippen molar-refractivity contribution in [3.05, 3.63) is 59.7 Å². The fourth-order valence-corrected chi connectivity index (χ4v) is 2.32. The molecule has 0 aromatic heterocycles. The van der Waals surface area contributed by atoms with Gasteiger partial charge in [-0.3, -0.25) is 14.4 Å². The molecule has 30 heavy (non-hydrogen) atoms. The van der Waals surface area contributed by atoms with Gasteiger partial charge in [-0.25, -0.2) is 8.78 Å². The third-order valence-corrected chi connectivity index (χ3v) is 3.94. The van der Waals surface area contributed by atoms with E-state index in [0.29, 0.717) is 17.9 Å². The standard InChI is InChI=1S/C21H23F2N3O4/c1-2-3-10-30-16-7-4-14(5-8-16)21(29)25-12-19(27)24-13-20(28)26-15-6-9-17(22)18(23)11-15/h4-9,11H,2-3,10,12-13H2,1H3,(H,24,27)(H,25,29)(H,26,28). The first-order chi connectivity index (χ1) is 14.4. The van der Waals surface area contributed by atoms with Crippen LogP contribution in [-0.4, -0.2) is 37.4 Å². The number of ether oxygens (including phenoxy) is 1. The van der Waals surface area contributed by atoms with Gasteiger partial charge in [-0.15, -0.1) is 0 Å². The second-order valence-electron chi connectivity index (χ2n) is 6.36. The van der Waals surface area contributed by atoms with E-state index in [-0.39, 0.29) is 12.2 Å². The molecule has 160 valence electrons. The molecule has 0 atom stereocenters. The van der Waals surface area contributed by atoms with Crippen molar-refractivity contribution < 1.29 is 27.9 Å². The van der Waals surface area contributed by atoms with E-state index in [9.17, 15) is 23.2 Å². The van der Waals surface area contributed by atoms with Crippen LogP contribution in [0.2, 0.25) is 0 Å². The molecule has 3 amide bonds. The van der Waals surface area contributed by atoms with Crippen molar-refractivity contribution in [1.29, 1.82) is 0 Å².